The van der Waals surface area contributed by atoms with Crippen LogP contribution in [-0.4, -0.2) is 5.38 Å². The zero-order valence-corrected chi connectivity index (χ0v) is 10.4. The number of hydrogen-bond acceptors (Lipinski definition) is 0. The molecule has 0 aliphatic heterocycles. The molecule has 0 heterocycles. The molecule has 0 radical (unpaired) electrons. The van der Waals surface area contributed by atoms with Gasteiger partial charge in [-0.2, -0.15) is 0 Å². The van der Waals surface area contributed by atoms with Crippen LogP contribution in [0.1, 0.15) is 32.3 Å². The molecular weight excluding hydrogens is 230 g/mol. The normalized spacial score (nSPS) is 14.8. The van der Waals surface area contributed by atoms with Crippen LogP contribution in [0.4, 0.5) is 8.78 Å². The SMILES string of the molecule is CCCC(C)C(Cl)Cc1ccc(F)c(F)c1. The Hall–Kier alpha value is -0.630. The summed E-state index contributed by atoms with van der Waals surface area (Å²) in [6.45, 7) is 4.19. The minimum atomic E-state index is -0.809. The van der Waals surface area contributed by atoms with E-state index in [2.05, 4.69) is 13.8 Å². The predicted octanol–water partition coefficient (Wildman–Crippen LogP) is 4.55. The summed E-state index contributed by atoms with van der Waals surface area (Å²) in [5, 5.41) is -0.0233. The van der Waals surface area contributed by atoms with Crippen LogP contribution in [0.25, 0.3) is 0 Å². The molecular formula is C13H17ClF2. The van der Waals surface area contributed by atoms with Gasteiger partial charge >= 0.3 is 0 Å². The lowest BCUT2D eigenvalue weighted by Gasteiger charge is -2.17. The van der Waals surface area contributed by atoms with Crippen LogP contribution in [0.5, 0.6) is 0 Å². The second kappa shape index (κ2) is 6.19. The van der Waals surface area contributed by atoms with Gasteiger partial charge < -0.3 is 0 Å². The number of rotatable bonds is 5. The fourth-order valence-corrected chi connectivity index (χ4v) is 2.03. The Morgan fingerprint density at radius 2 is 1.94 bits per heavy atom. The van der Waals surface area contributed by atoms with Crippen molar-refractivity contribution < 1.29 is 8.78 Å². The molecule has 2 unspecified atom stereocenters. The van der Waals surface area contributed by atoms with Crippen LogP contribution in [0.2, 0.25) is 0 Å². The quantitative estimate of drug-likeness (QED) is 0.669. The van der Waals surface area contributed by atoms with Gasteiger partial charge in [0.1, 0.15) is 0 Å². The summed E-state index contributed by atoms with van der Waals surface area (Å²) >= 11 is 6.22. The number of benzene rings is 1. The fourth-order valence-electron chi connectivity index (χ4n) is 1.73. The second-order valence-electron chi connectivity index (χ2n) is 4.23. The standard InChI is InChI=1S/C13H17ClF2/c1-3-4-9(2)11(14)7-10-5-6-12(15)13(16)8-10/h5-6,8-9,11H,3-4,7H2,1-2H3. The molecule has 0 aromatic heterocycles. The largest absolute Gasteiger partial charge is 0.204 e. The van der Waals surface area contributed by atoms with Gasteiger partial charge in [-0.15, -0.1) is 11.6 Å². The van der Waals surface area contributed by atoms with Gasteiger partial charge in [0.2, 0.25) is 0 Å². The summed E-state index contributed by atoms with van der Waals surface area (Å²) < 4.78 is 25.7. The smallest absolute Gasteiger partial charge is 0.159 e. The lowest BCUT2D eigenvalue weighted by Crippen LogP contribution is -2.14. The van der Waals surface area contributed by atoms with Gasteiger partial charge in [-0.05, 0) is 36.5 Å². The summed E-state index contributed by atoms with van der Waals surface area (Å²) in [5.41, 5.74) is 0.752. The Balaban J connectivity index is 2.62. The molecule has 0 N–H and O–H groups in total. The molecule has 0 aliphatic rings. The number of alkyl halides is 1. The summed E-state index contributed by atoms with van der Waals surface area (Å²) in [6, 6.07) is 3.97. The van der Waals surface area contributed by atoms with E-state index in [-0.39, 0.29) is 5.38 Å². The van der Waals surface area contributed by atoms with E-state index in [1.165, 1.54) is 6.07 Å². The zero-order chi connectivity index (χ0) is 12.1. The molecule has 0 saturated carbocycles. The first kappa shape index (κ1) is 13.4. The van der Waals surface area contributed by atoms with Crippen molar-refractivity contribution in [2.75, 3.05) is 0 Å². The Bertz CT molecular complexity index is 339. The fraction of sp³-hybridized carbons (Fsp3) is 0.538. The minimum absolute atomic E-state index is 0.0233. The molecule has 0 aliphatic carbocycles. The van der Waals surface area contributed by atoms with Gasteiger partial charge in [-0.25, -0.2) is 8.78 Å². The van der Waals surface area contributed by atoms with Gasteiger partial charge in [0.15, 0.2) is 11.6 Å². The monoisotopic (exact) mass is 246 g/mol. The first-order valence-corrected chi connectivity index (χ1v) is 6.06. The van der Waals surface area contributed by atoms with Crippen molar-refractivity contribution in [3.8, 4) is 0 Å². The summed E-state index contributed by atoms with van der Waals surface area (Å²) in [5.74, 6) is -1.22. The van der Waals surface area contributed by atoms with Crippen LogP contribution >= 0.6 is 11.6 Å². The molecule has 0 amide bonds. The Morgan fingerprint density at radius 3 is 2.50 bits per heavy atom. The molecule has 0 saturated heterocycles. The third-order valence-electron chi connectivity index (χ3n) is 2.78. The maximum Gasteiger partial charge on any atom is 0.159 e. The highest BCUT2D eigenvalue weighted by Crippen LogP contribution is 2.21. The van der Waals surface area contributed by atoms with Crippen molar-refractivity contribution in [3.63, 3.8) is 0 Å². The molecule has 0 fully saturated rings. The Labute approximate surface area is 101 Å². The van der Waals surface area contributed by atoms with Crippen LogP contribution in [-0.2, 0) is 6.42 Å². The average Bonchev–Trinajstić information content (AvgIpc) is 2.24. The maximum atomic E-state index is 13.0. The van der Waals surface area contributed by atoms with E-state index in [9.17, 15) is 8.78 Å². The van der Waals surface area contributed by atoms with E-state index >= 15 is 0 Å². The van der Waals surface area contributed by atoms with Gasteiger partial charge in [0, 0.05) is 5.38 Å². The molecule has 0 bridgehead atoms. The van der Waals surface area contributed by atoms with E-state index in [0.29, 0.717) is 12.3 Å². The van der Waals surface area contributed by atoms with Crippen LogP contribution in [0.15, 0.2) is 18.2 Å². The van der Waals surface area contributed by atoms with Crippen LogP contribution < -0.4 is 0 Å². The lowest BCUT2D eigenvalue weighted by atomic mass is 9.96. The highest BCUT2D eigenvalue weighted by Gasteiger charge is 2.15. The van der Waals surface area contributed by atoms with E-state index in [4.69, 9.17) is 11.6 Å². The number of hydrogen-bond donors (Lipinski definition) is 0. The van der Waals surface area contributed by atoms with Crippen molar-refractivity contribution >= 4 is 11.6 Å². The van der Waals surface area contributed by atoms with Gasteiger partial charge in [0.05, 0.1) is 0 Å². The molecule has 90 valence electrons. The van der Waals surface area contributed by atoms with Crippen molar-refractivity contribution in [1.82, 2.24) is 0 Å². The Kier molecular flexibility index (Phi) is 5.20. The lowest BCUT2D eigenvalue weighted by molar-refractivity contribution is 0.488. The molecule has 1 rings (SSSR count). The molecule has 3 heteroatoms. The highest BCUT2D eigenvalue weighted by atomic mass is 35.5. The van der Waals surface area contributed by atoms with Crippen molar-refractivity contribution in [2.45, 2.75) is 38.5 Å². The van der Waals surface area contributed by atoms with E-state index in [1.54, 1.807) is 6.07 Å². The molecule has 2 atom stereocenters. The summed E-state index contributed by atoms with van der Waals surface area (Å²) in [4.78, 5) is 0. The maximum absolute atomic E-state index is 13.0. The summed E-state index contributed by atoms with van der Waals surface area (Å²) in [7, 11) is 0. The van der Waals surface area contributed by atoms with E-state index in [1.807, 2.05) is 0 Å². The molecule has 0 nitrogen and oxygen atoms in total. The van der Waals surface area contributed by atoms with Crippen molar-refractivity contribution in [3.05, 3.63) is 35.4 Å². The highest BCUT2D eigenvalue weighted by molar-refractivity contribution is 6.20. The van der Waals surface area contributed by atoms with Gasteiger partial charge in [0.25, 0.3) is 0 Å². The van der Waals surface area contributed by atoms with Crippen LogP contribution in [0.3, 0.4) is 0 Å². The predicted molar refractivity (Wildman–Crippen MR) is 63.8 cm³/mol. The first-order chi connectivity index (χ1) is 7.54. The third kappa shape index (κ3) is 3.75. The van der Waals surface area contributed by atoms with Gasteiger partial charge in [-0.3, -0.25) is 0 Å². The van der Waals surface area contributed by atoms with Crippen molar-refractivity contribution in [1.29, 1.82) is 0 Å². The molecule has 0 spiro atoms. The minimum Gasteiger partial charge on any atom is -0.204 e. The van der Waals surface area contributed by atoms with E-state index < -0.39 is 11.6 Å². The Morgan fingerprint density at radius 1 is 1.25 bits per heavy atom. The second-order valence-corrected chi connectivity index (χ2v) is 4.80. The average molecular weight is 247 g/mol. The topological polar surface area (TPSA) is 0 Å². The van der Waals surface area contributed by atoms with Crippen molar-refractivity contribution in [2.24, 2.45) is 5.92 Å². The number of halogens is 3. The molecule has 1 aromatic rings. The van der Waals surface area contributed by atoms with Gasteiger partial charge in [-0.1, -0.05) is 26.3 Å². The van der Waals surface area contributed by atoms with Crippen LogP contribution in [0, 0.1) is 17.6 Å². The molecule has 16 heavy (non-hydrogen) atoms. The first-order valence-electron chi connectivity index (χ1n) is 5.62. The summed E-state index contributed by atoms with van der Waals surface area (Å²) in [6.07, 6.45) is 2.72. The third-order valence-corrected chi connectivity index (χ3v) is 3.36. The zero-order valence-electron chi connectivity index (χ0n) is 9.64. The van der Waals surface area contributed by atoms with E-state index in [0.717, 1.165) is 24.5 Å². The molecule has 1 aromatic carbocycles.